The van der Waals surface area contributed by atoms with Gasteiger partial charge in [0.1, 0.15) is 12.3 Å². The Balaban J connectivity index is 1.73. The van der Waals surface area contributed by atoms with E-state index in [0.29, 0.717) is 17.2 Å². The fraction of sp³-hybridized carbons (Fsp3) is 0.586. The summed E-state index contributed by atoms with van der Waals surface area (Å²) in [7, 11) is 0. The molecular formula is C29H44ClN2O2+. The molecule has 1 aromatic heterocycles. The molecule has 0 aliphatic heterocycles. The third-order valence-corrected chi connectivity index (χ3v) is 6.64. The molecule has 4 nitrogen and oxygen atoms in total. The second-order valence-corrected chi connectivity index (χ2v) is 9.48. The van der Waals surface area contributed by atoms with E-state index < -0.39 is 0 Å². The lowest BCUT2D eigenvalue weighted by molar-refractivity contribution is -0.693. The SMILES string of the molecule is CCCCCCCCCCCCOc1ccc(C(CC)NC(=O)c2cc[n+](CC)cc2)cc1Cl. The van der Waals surface area contributed by atoms with Gasteiger partial charge < -0.3 is 10.1 Å². The number of nitrogens with one attached hydrogen (secondary N) is 1. The second-order valence-electron chi connectivity index (χ2n) is 9.07. The minimum atomic E-state index is -0.0977. The number of hydrogen-bond acceptors (Lipinski definition) is 2. The van der Waals surface area contributed by atoms with Crippen LogP contribution in [0.3, 0.4) is 0 Å². The van der Waals surface area contributed by atoms with Crippen molar-refractivity contribution in [3.63, 3.8) is 0 Å². The molecule has 1 aromatic carbocycles. The number of aryl methyl sites for hydroxylation is 1. The summed E-state index contributed by atoms with van der Waals surface area (Å²) in [4.78, 5) is 12.7. The molecule has 34 heavy (non-hydrogen) atoms. The number of nitrogens with zero attached hydrogens (tertiary/aromatic N) is 1. The zero-order valence-electron chi connectivity index (χ0n) is 21.5. The van der Waals surface area contributed by atoms with Crippen LogP contribution in [0.25, 0.3) is 0 Å². The lowest BCUT2D eigenvalue weighted by atomic mass is 10.0. The Morgan fingerprint density at radius 2 is 1.53 bits per heavy atom. The first-order valence-electron chi connectivity index (χ1n) is 13.3. The van der Waals surface area contributed by atoms with Gasteiger partial charge in [-0.1, -0.05) is 89.3 Å². The van der Waals surface area contributed by atoms with Gasteiger partial charge in [-0.3, -0.25) is 4.79 Å². The van der Waals surface area contributed by atoms with E-state index >= 15 is 0 Å². The lowest BCUT2D eigenvalue weighted by Crippen LogP contribution is -2.33. The third kappa shape index (κ3) is 10.0. The number of carbonyl (C=O) groups is 1. The van der Waals surface area contributed by atoms with E-state index in [-0.39, 0.29) is 11.9 Å². The summed E-state index contributed by atoms with van der Waals surface area (Å²) in [6.07, 6.45) is 17.7. The molecule has 2 aromatic rings. The van der Waals surface area contributed by atoms with Crippen LogP contribution < -0.4 is 14.6 Å². The van der Waals surface area contributed by atoms with Crippen LogP contribution in [0.15, 0.2) is 42.7 Å². The monoisotopic (exact) mass is 487 g/mol. The molecule has 0 saturated carbocycles. The number of unbranched alkanes of at least 4 members (excludes halogenated alkanes) is 9. The average Bonchev–Trinajstić information content (AvgIpc) is 2.86. The zero-order valence-corrected chi connectivity index (χ0v) is 22.2. The van der Waals surface area contributed by atoms with Gasteiger partial charge in [0.15, 0.2) is 12.4 Å². The van der Waals surface area contributed by atoms with Crippen LogP contribution in [-0.4, -0.2) is 12.5 Å². The first kappa shape index (κ1) is 28.2. The molecule has 0 radical (unpaired) electrons. The summed E-state index contributed by atoms with van der Waals surface area (Å²) in [5, 5.41) is 3.72. The van der Waals surface area contributed by atoms with Crippen molar-refractivity contribution >= 4 is 17.5 Å². The van der Waals surface area contributed by atoms with E-state index in [4.69, 9.17) is 16.3 Å². The van der Waals surface area contributed by atoms with Gasteiger partial charge in [0.25, 0.3) is 5.91 Å². The van der Waals surface area contributed by atoms with E-state index in [2.05, 4.69) is 26.1 Å². The molecule has 0 aliphatic rings. The second kappa shape index (κ2) is 16.5. The standard InChI is InChI=1S/C29H43ClN2O2/c1-4-7-8-9-10-11-12-13-14-15-22-34-28-17-16-25(23-26(28)30)27(5-2)31-29(33)24-18-20-32(6-3)21-19-24/h16-21,23,27H,4-15,22H2,1-3H3/p+1. The van der Waals surface area contributed by atoms with Gasteiger partial charge in [0, 0.05) is 12.1 Å². The van der Waals surface area contributed by atoms with Crippen LogP contribution in [0.4, 0.5) is 0 Å². The number of carbonyl (C=O) groups excluding carboxylic acids is 1. The Kier molecular flexibility index (Phi) is 13.7. The average molecular weight is 488 g/mol. The van der Waals surface area contributed by atoms with Crippen molar-refractivity contribution in [3.8, 4) is 5.75 Å². The molecule has 188 valence electrons. The van der Waals surface area contributed by atoms with E-state index in [1.807, 2.05) is 47.3 Å². The highest BCUT2D eigenvalue weighted by molar-refractivity contribution is 6.32. The first-order valence-corrected chi connectivity index (χ1v) is 13.7. The minimum absolute atomic E-state index is 0.0764. The molecular weight excluding hydrogens is 444 g/mol. The summed E-state index contributed by atoms with van der Waals surface area (Å²) < 4.78 is 7.96. The maximum absolute atomic E-state index is 12.7. The zero-order chi connectivity index (χ0) is 24.6. The number of benzene rings is 1. The molecule has 2 rings (SSSR count). The Labute approximate surface area is 212 Å². The fourth-order valence-electron chi connectivity index (χ4n) is 4.10. The minimum Gasteiger partial charge on any atom is -0.492 e. The summed E-state index contributed by atoms with van der Waals surface area (Å²) >= 11 is 6.51. The Hall–Kier alpha value is -2.07. The highest BCUT2D eigenvalue weighted by atomic mass is 35.5. The topological polar surface area (TPSA) is 42.2 Å². The first-order chi connectivity index (χ1) is 16.6. The van der Waals surface area contributed by atoms with Gasteiger partial charge in [-0.15, -0.1) is 0 Å². The number of hydrogen-bond donors (Lipinski definition) is 1. The van der Waals surface area contributed by atoms with Crippen LogP contribution >= 0.6 is 11.6 Å². The molecule has 0 aliphatic carbocycles. The highest BCUT2D eigenvalue weighted by Crippen LogP contribution is 2.29. The quantitative estimate of drug-likeness (QED) is 0.182. The molecule has 1 N–H and O–H groups in total. The van der Waals surface area contributed by atoms with Crippen molar-refractivity contribution in [2.75, 3.05) is 6.61 Å². The highest BCUT2D eigenvalue weighted by Gasteiger charge is 2.16. The van der Waals surface area contributed by atoms with Crippen molar-refractivity contribution in [1.29, 1.82) is 0 Å². The van der Waals surface area contributed by atoms with Crippen molar-refractivity contribution in [2.45, 2.75) is 104 Å². The number of pyridine rings is 1. The number of ether oxygens (including phenoxy) is 1. The van der Waals surface area contributed by atoms with Crippen molar-refractivity contribution < 1.29 is 14.1 Å². The molecule has 0 bridgehead atoms. The maximum atomic E-state index is 12.7. The van der Waals surface area contributed by atoms with Gasteiger partial charge >= 0.3 is 0 Å². The molecule has 0 spiro atoms. The number of aromatic nitrogens is 1. The van der Waals surface area contributed by atoms with E-state index in [1.54, 1.807) is 0 Å². The number of rotatable bonds is 17. The summed E-state index contributed by atoms with van der Waals surface area (Å²) in [6, 6.07) is 9.45. The van der Waals surface area contributed by atoms with E-state index in [9.17, 15) is 4.79 Å². The predicted molar refractivity (Wildman–Crippen MR) is 142 cm³/mol. The summed E-state index contributed by atoms with van der Waals surface area (Å²) in [6.45, 7) is 7.96. The van der Waals surface area contributed by atoms with Crippen LogP contribution in [0.1, 0.15) is 113 Å². The molecule has 0 fully saturated rings. The van der Waals surface area contributed by atoms with Gasteiger partial charge in [0.05, 0.1) is 23.2 Å². The molecule has 1 atom stereocenters. The van der Waals surface area contributed by atoms with Crippen molar-refractivity contribution in [1.82, 2.24) is 5.32 Å². The van der Waals surface area contributed by atoms with Crippen molar-refractivity contribution in [2.24, 2.45) is 0 Å². The Bertz CT molecular complexity index is 839. The van der Waals surface area contributed by atoms with E-state index in [1.165, 1.54) is 57.8 Å². The molecule has 0 saturated heterocycles. The summed E-state index contributed by atoms with van der Waals surface area (Å²) in [5.74, 6) is 0.641. The van der Waals surface area contributed by atoms with Crippen LogP contribution in [0, 0.1) is 0 Å². The third-order valence-electron chi connectivity index (χ3n) is 6.35. The lowest BCUT2D eigenvalue weighted by Gasteiger charge is -2.19. The Morgan fingerprint density at radius 3 is 2.09 bits per heavy atom. The van der Waals surface area contributed by atoms with Crippen LogP contribution in [0.5, 0.6) is 5.75 Å². The molecule has 5 heteroatoms. The fourth-order valence-corrected chi connectivity index (χ4v) is 4.35. The smallest absolute Gasteiger partial charge is 0.252 e. The predicted octanol–water partition coefficient (Wildman–Crippen LogP) is 7.83. The molecule has 1 heterocycles. The normalized spacial score (nSPS) is 11.9. The maximum Gasteiger partial charge on any atom is 0.252 e. The van der Waals surface area contributed by atoms with E-state index in [0.717, 1.165) is 30.7 Å². The summed E-state index contributed by atoms with van der Waals surface area (Å²) in [5.41, 5.74) is 1.65. The molecule has 1 unspecified atom stereocenters. The van der Waals surface area contributed by atoms with Crippen molar-refractivity contribution in [3.05, 3.63) is 58.9 Å². The van der Waals surface area contributed by atoms with Crippen LogP contribution in [0.2, 0.25) is 5.02 Å². The molecule has 1 amide bonds. The van der Waals surface area contributed by atoms with Gasteiger partial charge in [-0.2, -0.15) is 0 Å². The largest absolute Gasteiger partial charge is 0.492 e. The Morgan fingerprint density at radius 1 is 0.912 bits per heavy atom. The van der Waals surface area contributed by atoms with Gasteiger partial charge in [-0.05, 0) is 37.5 Å². The number of halogens is 1. The van der Waals surface area contributed by atoms with Gasteiger partial charge in [-0.25, -0.2) is 4.57 Å². The number of amides is 1. The van der Waals surface area contributed by atoms with Gasteiger partial charge in [0.2, 0.25) is 0 Å². The van der Waals surface area contributed by atoms with Crippen LogP contribution in [-0.2, 0) is 6.54 Å².